The lowest BCUT2D eigenvalue weighted by molar-refractivity contribution is -0.155. The number of halogens is 5. The summed E-state index contributed by atoms with van der Waals surface area (Å²) in [7, 11) is 0. The Bertz CT molecular complexity index is 975. The zero-order chi connectivity index (χ0) is 23.6. The molecule has 4 rings (SSSR count). The number of alkyl halides is 3. The number of hydrogen-bond donors (Lipinski definition) is 2. The summed E-state index contributed by atoms with van der Waals surface area (Å²) in [6, 6.07) is 3.60. The van der Waals surface area contributed by atoms with E-state index >= 15 is 0 Å². The molecule has 0 spiro atoms. The Balaban J connectivity index is 1.18. The van der Waals surface area contributed by atoms with Crippen molar-refractivity contribution in [2.75, 3.05) is 32.8 Å². The summed E-state index contributed by atoms with van der Waals surface area (Å²) < 4.78 is 61.6. The monoisotopic (exact) mass is 491 g/mol. The number of hydrogen-bond acceptors (Lipinski definition) is 7. The summed E-state index contributed by atoms with van der Waals surface area (Å²) in [4.78, 5) is 13.4. The van der Waals surface area contributed by atoms with Gasteiger partial charge in [0.1, 0.15) is 11.6 Å². The van der Waals surface area contributed by atoms with Crippen LogP contribution in [0.3, 0.4) is 0 Å². The number of ether oxygens (including phenoxy) is 1. The third-order valence-electron chi connectivity index (χ3n) is 5.50. The molecule has 1 aromatic carbocycles. The minimum atomic E-state index is -4.22. The van der Waals surface area contributed by atoms with Crippen LogP contribution in [0.25, 0.3) is 0 Å². The number of likely N-dealkylation sites (tertiary alicyclic amines) is 1. The van der Waals surface area contributed by atoms with Gasteiger partial charge < -0.3 is 19.8 Å². The van der Waals surface area contributed by atoms with Crippen LogP contribution < -0.4 is 15.4 Å². The fraction of sp³-hybridized carbons (Fsp3) is 0.550. The maximum Gasteiger partial charge on any atom is 0.401 e. The van der Waals surface area contributed by atoms with Crippen LogP contribution in [0.2, 0.25) is 5.02 Å². The van der Waals surface area contributed by atoms with E-state index in [-0.39, 0.29) is 54.4 Å². The number of carbonyl (C=O) groups is 1. The first-order chi connectivity index (χ1) is 15.7. The Morgan fingerprint density at radius 1 is 1.27 bits per heavy atom. The predicted molar refractivity (Wildman–Crippen MR) is 108 cm³/mol. The summed E-state index contributed by atoms with van der Waals surface area (Å²) in [6.45, 7) is -0.271. The summed E-state index contributed by atoms with van der Waals surface area (Å²) in [5.41, 5.74) is 0. The first kappa shape index (κ1) is 23.7. The molecular formula is C20H22ClF4N5O3. The standard InChI is InChI=1S/C20H22ClF4N5O3/c21-14-3-2-13(5-15(14)22)32-9-17(31)27-12-1-4-16(26-6-12)19-29-28-18(33-19)11-7-30(8-11)10-20(23,24)25/h2-3,5,11-12,16,26H,1,4,6-10H2,(H,27,31)/t12-,16+/m0/s1. The van der Waals surface area contributed by atoms with E-state index in [1.54, 1.807) is 0 Å². The fourth-order valence-electron chi connectivity index (χ4n) is 3.84. The summed E-state index contributed by atoms with van der Waals surface area (Å²) >= 11 is 5.61. The van der Waals surface area contributed by atoms with E-state index < -0.39 is 18.5 Å². The summed E-state index contributed by atoms with van der Waals surface area (Å²) in [5, 5.41) is 14.1. The van der Waals surface area contributed by atoms with Crippen LogP contribution >= 0.6 is 11.6 Å². The summed E-state index contributed by atoms with van der Waals surface area (Å²) in [5.74, 6) is -0.234. The predicted octanol–water partition coefficient (Wildman–Crippen LogP) is 2.81. The smallest absolute Gasteiger partial charge is 0.401 e. The number of carbonyl (C=O) groups excluding carboxylic acids is 1. The SMILES string of the molecule is O=C(COc1ccc(Cl)c(F)c1)N[C@H]1CC[C@H](c2nnc(C3CN(CC(F)(F)F)C3)o2)NC1. The van der Waals surface area contributed by atoms with Crippen molar-refractivity contribution in [1.29, 1.82) is 0 Å². The average molecular weight is 492 g/mol. The molecule has 8 nitrogen and oxygen atoms in total. The molecule has 0 radical (unpaired) electrons. The topological polar surface area (TPSA) is 92.5 Å². The van der Waals surface area contributed by atoms with Gasteiger partial charge in [0.15, 0.2) is 6.61 Å². The maximum atomic E-state index is 13.4. The van der Waals surface area contributed by atoms with Crippen LogP contribution in [-0.4, -0.2) is 66.0 Å². The molecule has 2 atom stereocenters. The quantitative estimate of drug-likeness (QED) is 0.575. The minimum absolute atomic E-state index is 0.0286. The van der Waals surface area contributed by atoms with E-state index in [0.29, 0.717) is 31.2 Å². The molecule has 0 saturated carbocycles. The summed E-state index contributed by atoms with van der Waals surface area (Å²) in [6.07, 6.45) is -2.94. The Morgan fingerprint density at radius 3 is 2.70 bits per heavy atom. The van der Waals surface area contributed by atoms with Gasteiger partial charge in [0.2, 0.25) is 11.8 Å². The zero-order valence-electron chi connectivity index (χ0n) is 17.4. The van der Waals surface area contributed by atoms with E-state index in [1.807, 2.05) is 0 Å². The molecule has 2 aromatic rings. The van der Waals surface area contributed by atoms with E-state index in [9.17, 15) is 22.4 Å². The van der Waals surface area contributed by atoms with Crippen LogP contribution in [0.4, 0.5) is 17.6 Å². The van der Waals surface area contributed by atoms with Gasteiger partial charge in [-0.2, -0.15) is 13.2 Å². The van der Waals surface area contributed by atoms with Crippen LogP contribution in [-0.2, 0) is 4.79 Å². The molecule has 2 aliphatic heterocycles. The molecule has 13 heteroatoms. The lowest BCUT2D eigenvalue weighted by Crippen LogP contribution is -2.49. The van der Waals surface area contributed by atoms with Gasteiger partial charge in [-0.25, -0.2) is 4.39 Å². The number of rotatable bonds is 7. The van der Waals surface area contributed by atoms with E-state index in [4.69, 9.17) is 20.8 Å². The Hall–Kier alpha value is -2.44. The molecule has 2 aliphatic rings. The van der Waals surface area contributed by atoms with Gasteiger partial charge in [-0.3, -0.25) is 9.69 Å². The molecule has 1 aromatic heterocycles. The lowest BCUT2D eigenvalue weighted by Gasteiger charge is -2.37. The molecule has 3 heterocycles. The first-order valence-electron chi connectivity index (χ1n) is 10.4. The average Bonchev–Trinajstić information content (AvgIpc) is 3.21. The van der Waals surface area contributed by atoms with E-state index in [2.05, 4.69) is 20.8 Å². The normalized spacial score (nSPS) is 22.1. The number of amides is 1. The van der Waals surface area contributed by atoms with Crippen LogP contribution in [0.5, 0.6) is 5.75 Å². The van der Waals surface area contributed by atoms with Crippen molar-refractivity contribution in [1.82, 2.24) is 25.7 Å². The molecule has 2 N–H and O–H groups in total. The van der Waals surface area contributed by atoms with Crippen molar-refractivity contribution >= 4 is 17.5 Å². The Morgan fingerprint density at radius 2 is 2.03 bits per heavy atom. The molecule has 33 heavy (non-hydrogen) atoms. The Kier molecular flexibility index (Phi) is 7.05. The lowest BCUT2D eigenvalue weighted by atomic mass is 10.00. The highest BCUT2D eigenvalue weighted by Gasteiger charge is 2.40. The number of aromatic nitrogens is 2. The van der Waals surface area contributed by atoms with Gasteiger partial charge >= 0.3 is 6.18 Å². The van der Waals surface area contributed by atoms with Crippen LogP contribution in [0.1, 0.15) is 36.6 Å². The minimum Gasteiger partial charge on any atom is -0.484 e. The van der Waals surface area contributed by atoms with Gasteiger partial charge in [0, 0.05) is 31.7 Å². The van der Waals surface area contributed by atoms with E-state index in [1.165, 1.54) is 17.0 Å². The highest BCUT2D eigenvalue weighted by atomic mass is 35.5. The molecule has 2 saturated heterocycles. The fourth-order valence-corrected chi connectivity index (χ4v) is 3.95. The van der Waals surface area contributed by atoms with E-state index in [0.717, 1.165) is 6.07 Å². The Labute approximate surface area is 191 Å². The highest BCUT2D eigenvalue weighted by Crippen LogP contribution is 2.31. The number of benzene rings is 1. The van der Waals surface area contributed by atoms with Crippen LogP contribution in [0.15, 0.2) is 22.6 Å². The molecule has 0 unspecified atom stereocenters. The third-order valence-corrected chi connectivity index (χ3v) is 5.81. The molecule has 1 amide bonds. The third kappa shape index (κ3) is 6.33. The van der Waals surface area contributed by atoms with Gasteiger partial charge in [-0.15, -0.1) is 10.2 Å². The highest BCUT2D eigenvalue weighted by molar-refractivity contribution is 6.30. The van der Waals surface area contributed by atoms with Crippen molar-refractivity contribution < 1.29 is 31.5 Å². The van der Waals surface area contributed by atoms with Crippen molar-refractivity contribution in [3.63, 3.8) is 0 Å². The molecule has 0 aliphatic carbocycles. The number of piperidine rings is 1. The zero-order valence-corrected chi connectivity index (χ0v) is 18.1. The van der Waals surface area contributed by atoms with Crippen molar-refractivity contribution in [3.05, 3.63) is 40.8 Å². The second-order valence-corrected chi connectivity index (χ2v) is 8.56. The second kappa shape index (κ2) is 9.82. The second-order valence-electron chi connectivity index (χ2n) is 8.15. The van der Waals surface area contributed by atoms with Crippen LogP contribution in [0, 0.1) is 5.82 Å². The molecule has 0 bridgehead atoms. The maximum absolute atomic E-state index is 13.4. The van der Waals surface area contributed by atoms with Gasteiger partial charge in [0.05, 0.1) is 23.5 Å². The van der Waals surface area contributed by atoms with Crippen molar-refractivity contribution in [2.45, 2.75) is 37.0 Å². The number of nitrogens with zero attached hydrogens (tertiary/aromatic N) is 3. The van der Waals surface area contributed by atoms with Gasteiger partial charge in [-0.1, -0.05) is 11.6 Å². The molecular weight excluding hydrogens is 470 g/mol. The number of nitrogens with one attached hydrogen (secondary N) is 2. The van der Waals surface area contributed by atoms with Crippen molar-refractivity contribution in [3.8, 4) is 5.75 Å². The van der Waals surface area contributed by atoms with Gasteiger partial charge in [0.25, 0.3) is 5.91 Å². The van der Waals surface area contributed by atoms with Gasteiger partial charge in [-0.05, 0) is 25.0 Å². The largest absolute Gasteiger partial charge is 0.484 e. The first-order valence-corrected chi connectivity index (χ1v) is 10.8. The van der Waals surface area contributed by atoms with Crippen molar-refractivity contribution in [2.24, 2.45) is 0 Å². The molecule has 180 valence electrons. The molecule has 2 fully saturated rings.